The molecule has 0 bridgehead atoms. The lowest BCUT2D eigenvalue weighted by molar-refractivity contribution is 0.403. The summed E-state index contributed by atoms with van der Waals surface area (Å²) in [6.07, 6.45) is 0. The van der Waals surface area contributed by atoms with Gasteiger partial charge in [-0.2, -0.15) is 4.31 Å². The minimum Gasteiger partial charge on any atom is -0.326 e. The second kappa shape index (κ2) is 6.25. The zero-order valence-corrected chi connectivity index (χ0v) is 15.1. The third kappa shape index (κ3) is 3.00. The number of rotatable bonds is 5. The maximum absolute atomic E-state index is 12.7. The lowest BCUT2D eigenvalue weighted by Gasteiger charge is -2.23. The highest BCUT2D eigenvalue weighted by Crippen LogP contribution is 2.36. The molecule has 0 fully saturated rings. The Labute approximate surface area is 135 Å². The summed E-state index contributed by atoms with van der Waals surface area (Å²) in [6, 6.07) is 5.30. The summed E-state index contributed by atoms with van der Waals surface area (Å²) in [5.74, 6) is 0. The van der Waals surface area contributed by atoms with E-state index in [4.69, 9.17) is 5.73 Å². The predicted molar refractivity (Wildman–Crippen MR) is 87.6 cm³/mol. The minimum atomic E-state index is -3.54. The Kier molecular flexibility index (Phi) is 5.04. The number of thiophene rings is 2. The van der Waals surface area contributed by atoms with Crippen LogP contribution in [0.3, 0.4) is 0 Å². The summed E-state index contributed by atoms with van der Waals surface area (Å²) in [5, 5.41) is 1.94. The van der Waals surface area contributed by atoms with Gasteiger partial charge in [-0.3, -0.25) is 0 Å². The fourth-order valence-corrected chi connectivity index (χ4v) is 6.49. The average molecular weight is 395 g/mol. The summed E-state index contributed by atoms with van der Waals surface area (Å²) in [5.41, 5.74) is 5.57. The Morgan fingerprint density at radius 2 is 2.20 bits per heavy atom. The van der Waals surface area contributed by atoms with Gasteiger partial charge in [0.2, 0.25) is 10.0 Å². The van der Waals surface area contributed by atoms with E-state index in [0.29, 0.717) is 10.3 Å². The molecule has 0 aromatic carbocycles. The lowest BCUT2D eigenvalue weighted by atomic mass is 10.3. The molecular formula is C12H15BrN2O2S3. The van der Waals surface area contributed by atoms with Crippen LogP contribution in [0.4, 0.5) is 0 Å². The molecule has 8 heteroatoms. The van der Waals surface area contributed by atoms with Crippen LogP contribution in [-0.4, -0.2) is 19.8 Å². The molecule has 0 aliphatic heterocycles. The molecule has 110 valence electrons. The van der Waals surface area contributed by atoms with Crippen molar-refractivity contribution >= 4 is 48.6 Å². The lowest BCUT2D eigenvalue weighted by Crippen LogP contribution is -2.29. The molecule has 20 heavy (non-hydrogen) atoms. The largest absolute Gasteiger partial charge is 0.326 e. The second-order valence-electron chi connectivity index (χ2n) is 4.27. The van der Waals surface area contributed by atoms with Gasteiger partial charge >= 0.3 is 0 Å². The van der Waals surface area contributed by atoms with Crippen LogP contribution in [0, 0.1) is 0 Å². The normalized spacial score (nSPS) is 13.8. The Morgan fingerprint density at radius 3 is 2.70 bits per heavy atom. The molecule has 1 unspecified atom stereocenters. The standard InChI is InChI=1S/C12H15BrN2O2S3/c1-8(10-4-3-5-18-10)15(2)20(16,17)11-6-9(7-14)19-12(11)13/h3-6,8H,7,14H2,1-2H3. The van der Waals surface area contributed by atoms with E-state index in [1.54, 1.807) is 24.5 Å². The van der Waals surface area contributed by atoms with Crippen molar-refractivity contribution in [1.82, 2.24) is 4.31 Å². The van der Waals surface area contributed by atoms with E-state index < -0.39 is 10.0 Å². The van der Waals surface area contributed by atoms with Crippen LogP contribution in [0.2, 0.25) is 0 Å². The fraction of sp³-hybridized carbons (Fsp3) is 0.333. The van der Waals surface area contributed by atoms with E-state index in [1.807, 2.05) is 24.4 Å². The minimum absolute atomic E-state index is 0.201. The predicted octanol–water partition coefficient (Wildman–Crippen LogP) is 3.41. The van der Waals surface area contributed by atoms with Gasteiger partial charge in [0.15, 0.2) is 0 Å². The first-order valence-corrected chi connectivity index (χ1v) is 9.80. The first kappa shape index (κ1) is 16.1. The van der Waals surface area contributed by atoms with Gasteiger partial charge in [0, 0.05) is 23.3 Å². The molecule has 2 heterocycles. The third-order valence-corrected chi connectivity index (χ3v) is 8.31. The Morgan fingerprint density at radius 1 is 1.50 bits per heavy atom. The van der Waals surface area contributed by atoms with Crippen LogP contribution < -0.4 is 5.73 Å². The summed E-state index contributed by atoms with van der Waals surface area (Å²) >= 11 is 6.23. The highest BCUT2D eigenvalue weighted by atomic mass is 79.9. The van der Waals surface area contributed by atoms with Crippen LogP contribution in [0.1, 0.15) is 22.7 Å². The number of nitrogens with zero attached hydrogens (tertiary/aromatic N) is 1. The van der Waals surface area contributed by atoms with Crippen LogP contribution in [0.15, 0.2) is 32.3 Å². The number of hydrogen-bond donors (Lipinski definition) is 1. The van der Waals surface area contributed by atoms with Crippen molar-refractivity contribution in [3.8, 4) is 0 Å². The second-order valence-corrected chi connectivity index (χ2v) is 9.67. The van der Waals surface area contributed by atoms with Crippen molar-refractivity contribution in [3.05, 3.63) is 37.1 Å². The van der Waals surface area contributed by atoms with Crippen LogP contribution in [-0.2, 0) is 16.6 Å². The maximum atomic E-state index is 12.7. The molecule has 2 N–H and O–H groups in total. The van der Waals surface area contributed by atoms with Gasteiger partial charge < -0.3 is 5.73 Å². The van der Waals surface area contributed by atoms with Crippen molar-refractivity contribution in [3.63, 3.8) is 0 Å². The zero-order valence-electron chi connectivity index (χ0n) is 11.0. The molecule has 0 radical (unpaired) electrons. The molecular weight excluding hydrogens is 380 g/mol. The maximum Gasteiger partial charge on any atom is 0.245 e. The highest BCUT2D eigenvalue weighted by Gasteiger charge is 2.29. The van der Waals surface area contributed by atoms with Crippen LogP contribution >= 0.6 is 38.6 Å². The van der Waals surface area contributed by atoms with E-state index in [1.165, 1.54) is 15.6 Å². The first-order valence-electron chi connectivity index (χ1n) is 5.87. The number of halogens is 1. The van der Waals surface area contributed by atoms with Gasteiger partial charge in [0.05, 0.1) is 9.83 Å². The SMILES string of the molecule is CC(c1cccs1)N(C)S(=O)(=O)c1cc(CN)sc1Br. The smallest absolute Gasteiger partial charge is 0.245 e. The van der Waals surface area contributed by atoms with Gasteiger partial charge in [-0.1, -0.05) is 6.07 Å². The van der Waals surface area contributed by atoms with Crippen molar-refractivity contribution in [2.75, 3.05) is 7.05 Å². The third-order valence-electron chi connectivity index (χ3n) is 3.07. The van der Waals surface area contributed by atoms with E-state index in [0.717, 1.165) is 9.75 Å². The average Bonchev–Trinajstić information content (AvgIpc) is 3.05. The van der Waals surface area contributed by atoms with Crippen LogP contribution in [0.5, 0.6) is 0 Å². The summed E-state index contributed by atoms with van der Waals surface area (Å²) in [6.45, 7) is 2.22. The molecule has 0 saturated heterocycles. The fourth-order valence-electron chi connectivity index (χ4n) is 1.75. The molecule has 1 atom stereocenters. The Bertz CT molecular complexity index is 680. The molecule has 2 rings (SSSR count). The number of nitrogens with two attached hydrogens (primary N) is 1. The van der Waals surface area contributed by atoms with Gasteiger partial charge in [0.1, 0.15) is 4.90 Å². The van der Waals surface area contributed by atoms with Gasteiger partial charge in [-0.05, 0) is 40.4 Å². The van der Waals surface area contributed by atoms with Crippen molar-refractivity contribution in [1.29, 1.82) is 0 Å². The van der Waals surface area contributed by atoms with Gasteiger partial charge in [-0.25, -0.2) is 8.42 Å². The number of sulfonamides is 1. The van der Waals surface area contributed by atoms with Gasteiger partial charge in [-0.15, -0.1) is 22.7 Å². The first-order chi connectivity index (χ1) is 9.37. The highest BCUT2D eigenvalue weighted by molar-refractivity contribution is 9.11. The molecule has 0 spiro atoms. The monoisotopic (exact) mass is 394 g/mol. The summed E-state index contributed by atoms with van der Waals surface area (Å²) in [7, 11) is -1.93. The summed E-state index contributed by atoms with van der Waals surface area (Å²) < 4.78 is 27.4. The van der Waals surface area contributed by atoms with Gasteiger partial charge in [0.25, 0.3) is 0 Å². The zero-order chi connectivity index (χ0) is 14.9. The molecule has 0 amide bonds. The quantitative estimate of drug-likeness (QED) is 0.844. The van der Waals surface area contributed by atoms with Crippen molar-refractivity contribution < 1.29 is 8.42 Å². The Hall–Kier alpha value is -0.250. The van der Waals surface area contributed by atoms with E-state index >= 15 is 0 Å². The molecule has 4 nitrogen and oxygen atoms in total. The van der Waals surface area contributed by atoms with E-state index in [2.05, 4.69) is 15.9 Å². The molecule has 0 aliphatic rings. The van der Waals surface area contributed by atoms with Crippen LogP contribution in [0.25, 0.3) is 0 Å². The molecule has 2 aromatic rings. The van der Waals surface area contributed by atoms with Crippen molar-refractivity contribution in [2.24, 2.45) is 5.73 Å². The molecule has 2 aromatic heterocycles. The molecule has 0 aliphatic carbocycles. The van der Waals surface area contributed by atoms with E-state index in [-0.39, 0.29) is 10.9 Å². The van der Waals surface area contributed by atoms with E-state index in [9.17, 15) is 8.42 Å². The Balaban J connectivity index is 2.36. The van der Waals surface area contributed by atoms with Crippen molar-refractivity contribution in [2.45, 2.75) is 24.4 Å². The number of hydrogen-bond acceptors (Lipinski definition) is 5. The molecule has 0 saturated carbocycles. The topological polar surface area (TPSA) is 63.4 Å². The summed E-state index contributed by atoms with van der Waals surface area (Å²) in [4.78, 5) is 2.14.